The molecule has 0 spiro atoms. The zero-order valence-electron chi connectivity index (χ0n) is 16.5. The first kappa shape index (κ1) is 18.1. The van der Waals surface area contributed by atoms with E-state index in [1.54, 1.807) is 0 Å². The van der Waals surface area contributed by atoms with Gasteiger partial charge in [0.2, 0.25) is 0 Å². The molecule has 1 saturated heterocycles. The van der Waals surface area contributed by atoms with E-state index in [4.69, 9.17) is 0 Å². The van der Waals surface area contributed by atoms with Gasteiger partial charge in [0.05, 0.1) is 6.04 Å². The molecule has 2 unspecified atom stereocenters. The number of carbonyl (C=O) groups excluding carboxylic acids is 1. The summed E-state index contributed by atoms with van der Waals surface area (Å²) >= 11 is 0. The van der Waals surface area contributed by atoms with Gasteiger partial charge in [-0.2, -0.15) is 5.10 Å². The van der Waals surface area contributed by atoms with Crippen molar-refractivity contribution in [2.75, 3.05) is 19.6 Å². The second-order valence-corrected chi connectivity index (χ2v) is 8.03. The van der Waals surface area contributed by atoms with Crippen LogP contribution in [0.15, 0.2) is 66.9 Å². The number of rotatable bonds is 3. The molecular formula is C24H26N4O. The van der Waals surface area contributed by atoms with E-state index in [1.807, 2.05) is 27.9 Å². The molecule has 2 aliphatic heterocycles. The minimum atomic E-state index is 0.0166. The Balaban J connectivity index is 1.41. The van der Waals surface area contributed by atoms with E-state index >= 15 is 0 Å². The van der Waals surface area contributed by atoms with Gasteiger partial charge < -0.3 is 10.2 Å². The van der Waals surface area contributed by atoms with Gasteiger partial charge in [0.15, 0.2) is 0 Å². The molecule has 2 atom stereocenters. The van der Waals surface area contributed by atoms with Crippen molar-refractivity contribution >= 4 is 5.91 Å². The predicted molar refractivity (Wildman–Crippen MR) is 113 cm³/mol. The first-order valence-corrected chi connectivity index (χ1v) is 10.5. The molecule has 1 N–H and O–H groups in total. The lowest BCUT2D eigenvalue weighted by Gasteiger charge is -2.34. The number of amides is 1. The van der Waals surface area contributed by atoms with Crippen LogP contribution in [0.4, 0.5) is 0 Å². The number of piperidine rings is 1. The molecule has 29 heavy (non-hydrogen) atoms. The average molecular weight is 386 g/mol. The molecule has 0 bridgehead atoms. The summed E-state index contributed by atoms with van der Waals surface area (Å²) in [5.74, 6) is 0.206. The molecule has 0 radical (unpaired) electrons. The van der Waals surface area contributed by atoms with Crippen LogP contribution in [0, 0.1) is 0 Å². The summed E-state index contributed by atoms with van der Waals surface area (Å²) < 4.78 is 1.96. The number of hydrogen-bond acceptors (Lipinski definition) is 3. The highest BCUT2D eigenvalue weighted by Gasteiger charge is 2.30. The summed E-state index contributed by atoms with van der Waals surface area (Å²) in [6.45, 7) is 3.30. The summed E-state index contributed by atoms with van der Waals surface area (Å²) in [6.07, 6.45) is 4.21. The molecule has 1 amide bonds. The topological polar surface area (TPSA) is 50.2 Å². The Kier molecular flexibility index (Phi) is 4.90. The molecule has 2 aliphatic rings. The first-order valence-electron chi connectivity index (χ1n) is 10.5. The Morgan fingerprint density at radius 3 is 2.69 bits per heavy atom. The SMILES string of the molecule is O=C(c1ccn(C2CCCNC2)n1)N1Cc2ccccc2C(c2ccccc2)C1. The largest absolute Gasteiger partial charge is 0.332 e. The van der Waals surface area contributed by atoms with Crippen molar-refractivity contribution in [1.29, 1.82) is 0 Å². The number of fused-ring (bicyclic) bond motifs is 1. The van der Waals surface area contributed by atoms with Crippen molar-refractivity contribution in [2.24, 2.45) is 0 Å². The van der Waals surface area contributed by atoms with Gasteiger partial charge in [0.25, 0.3) is 5.91 Å². The third kappa shape index (κ3) is 3.58. The summed E-state index contributed by atoms with van der Waals surface area (Å²) in [5, 5.41) is 8.06. The molecule has 0 saturated carbocycles. The maximum atomic E-state index is 13.3. The van der Waals surface area contributed by atoms with Crippen molar-refractivity contribution < 1.29 is 4.79 Å². The molecule has 3 heterocycles. The van der Waals surface area contributed by atoms with Crippen LogP contribution in [-0.4, -0.2) is 40.2 Å². The Morgan fingerprint density at radius 1 is 1.03 bits per heavy atom. The van der Waals surface area contributed by atoms with Crippen LogP contribution in [0.25, 0.3) is 0 Å². The zero-order valence-corrected chi connectivity index (χ0v) is 16.5. The Hall–Kier alpha value is -2.92. The number of nitrogens with zero attached hydrogens (tertiary/aromatic N) is 3. The molecule has 1 aromatic heterocycles. The highest BCUT2D eigenvalue weighted by Crippen LogP contribution is 2.34. The Bertz CT molecular complexity index is 991. The van der Waals surface area contributed by atoms with Crippen molar-refractivity contribution in [3.8, 4) is 0 Å². The third-order valence-corrected chi connectivity index (χ3v) is 6.16. The van der Waals surface area contributed by atoms with Crippen LogP contribution in [0.2, 0.25) is 0 Å². The van der Waals surface area contributed by atoms with Crippen molar-refractivity contribution in [3.63, 3.8) is 0 Å². The molecule has 3 aromatic rings. The van der Waals surface area contributed by atoms with Gasteiger partial charge in [-0.05, 0) is 42.1 Å². The van der Waals surface area contributed by atoms with E-state index in [0.717, 1.165) is 25.9 Å². The third-order valence-electron chi connectivity index (χ3n) is 6.16. The van der Waals surface area contributed by atoms with E-state index < -0.39 is 0 Å². The predicted octanol–water partition coefficient (Wildman–Crippen LogP) is 3.60. The van der Waals surface area contributed by atoms with Crippen molar-refractivity contribution in [2.45, 2.75) is 31.3 Å². The molecular weight excluding hydrogens is 360 g/mol. The molecule has 5 rings (SSSR count). The zero-order chi connectivity index (χ0) is 19.6. The van der Waals surface area contributed by atoms with E-state index in [1.165, 1.54) is 16.7 Å². The summed E-state index contributed by atoms with van der Waals surface area (Å²) in [4.78, 5) is 15.3. The highest BCUT2D eigenvalue weighted by molar-refractivity contribution is 5.92. The van der Waals surface area contributed by atoms with Gasteiger partial charge in [-0.15, -0.1) is 0 Å². The summed E-state index contributed by atoms with van der Waals surface area (Å²) in [6, 6.07) is 21.2. The van der Waals surface area contributed by atoms with Crippen LogP contribution >= 0.6 is 0 Å². The lowest BCUT2D eigenvalue weighted by atomic mass is 9.84. The van der Waals surface area contributed by atoms with E-state index in [0.29, 0.717) is 24.8 Å². The molecule has 148 valence electrons. The molecule has 5 nitrogen and oxygen atoms in total. The van der Waals surface area contributed by atoms with Crippen LogP contribution in [0.1, 0.15) is 52.0 Å². The van der Waals surface area contributed by atoms with Gasteiger partial charge in [-0.25, -0.2) is 0 Å². The second kappa shape index (κ2) is 7.84. The number of aromatic nitrogens is 2. The fourth-order valence-corrected chi connectivity index (χ4v) is 4.61. The van der Waals surface area contributed by atoms with Gasteiger partial charge in [-0.3, -0.25) is 9.48 Å². The molecule has 1 fully saturated rings. The van der Waals surface area contributed by atoms with Crippen LogP contribution in [-0.2, 0) is 6.54 Å². The van der Waals surface area contributed by atoms with Gasteiger partial charge in [0, 0.05) is 31.7 Å². The summed E-state index contributed by atoms with van der Waals surface area (Å²) in [7, 11) is 0. The molecule has 0 aliphatic carbocycles. The van der Waals surface area contributed by atoms with Crippen LogP contribution < -0.4 is 5.32 Å². The minimum Gasteiger partial charge on any atom is -0.332 e. The Labute approximate surface area is 171 Å². The van der Waals surface area contributed by atoms with Crippen LogP contribution in [0.5, 0.6) is 0 Å². The fraction of sp³-hybridized carbons (Fsp3) is 0.333. The minimum absolute atomic E-state index is 0.0166. The van der Waals surface area contributed by atoms with Crippen molar-refractivity contribution in [1.82, 2.24) is 20.0 Å². The number of hydrogen-bond donors (Lipinski definition) is 1. The lowest BCUT2D eigenvalue weighted by Crippen LogP contribution is -2.39. The fourth-order valence-electron chi connectivity index (χ4n) is 4.61. The first-order chi connectivity index (χ1) is 14.3. The van der Waals surface area contributed by atoms with Crippen molar-refractivity contribution in [3.05, 3.63) is 89.2 Å². The maximum Gasteiger partial charge on any atom is 0.274 e. The van der Waals surface area contributed by atoms with E-state index in [9.17, 15) is 4.79 Å². The molecule has 5 heteroatoms. The lowest BCUT2D eigenvalue weighted by molar-refractivity contribution is 0.0717. The van der Waals surface area contributed by atoms with Crippen LogP contribution in [0.3, 0.4) is 0 Å². The number of benzene rings is 2. The monoisotopic (exact) mass is 386 g/mol. The van der Waals surface area contributed by atoms with Gasteiger partial charge in [0.1, 0.15) is 5.69 Å². The van der Waals surface area contributed by atoms with E-state index in [2.05, 4.69) is 58.9 Å². The van der Waals surface area contributed by atoms with E-state index in [-0.39, 0.29) is 11.8 Å². The normalized spacial score (nSPS) is 21.6. The van der Waals surface area contributed by atoms with Gasteiger partial charge >= 0.3 is 0 Å². The number of nitrogens with one attached hydrogen (secondary N) is 1. The average Bonchev–Trinajstić information content (AvgIpc) is 3.29. The van der Waals surface area contributed by atoms with Gasteiger partial charge in [-0.1, -0.05) is 54.6 Å². The maximum absolute atomic E-state index is 13.3. The molecule has 2 aromatic carbocycles. The second-order valence-electron chi connectivity index (χ2n) is 8.03. The summed E-state index contributed by atoms with van der Waals surface area (Å²) in [5.41, 5.74) is 4.33. The smallest absolute Gasteiger partial charge is 0.274 e. The highest BCUT2D eigenvalue weighted by atomic mass is 16.2. The number of carbonyl (C=O) groups is 1. The standard InChI is InChI=1S/C24H26N4O/c29-24(23-12-14-28(26-23)20-10-6-13-25-15-20)27-16-19-9-4-5-11-21(19)22(17-27)18-7-2-1-3-8-18/h1-5,7-9,11-12,14,20,22,25H,6,10,13,15-17H2. The quantitative estimate of drug-likeness (QED) is 0.748. The Morgan fingerprint density at radius 2 is 1.86 bits per heavy atom.